The van der Waals surface area contributed by atoms with Gasteiger partial charge < -0.3 is 10.2 Å². The Bertz CT molecular complexity index is 1070. The summed E-state index contributed by atoms with van der Waals surface area (Å²) in [7, 11) is -3.69. The monoisotopic (exact) mass is 484 g/mol. The average molecular weight is 485 g/mol. The molecule has 2 aromatic rings. The molecule has 0 aliphatic carbocycles. The first-order chi connectivity index (χ1) is 15.2. The summed E-state index contributed by atoms with van der Waals surface area (Å²) in [5.74, 6) is 0.155. The van der Waals surface area contributed by atoms with Crippen molar-refractivity contribution in [1.82, 2.24) is 15.0 Å². The molecule has 0 bridgehead atoms. The van der Waals surface area contributed by atoms with Gasteiger partial charge in [-0.2, -0.15) is 13.2 Å². The Hall–Kier alpha value is -2.66. The van der Waals surface area contributed by atoms with Crippen LogP contribution in [0.5, 0.6) is 0 Å². The lowest BCUT2D eigenvalue weighted by Crippen LogP contribution is -2.45. The number of amides is 1. The maximum absolute atomic E-state index is 12.7. The number of piperidine rings is 1. The van der Waals surface area contributed by atoms with Gasteiger partial charge in [-0.1, -0.05) is 0 Å². The van der Waals surface area contributed by atoms with E-state index in [1.165, 1.54) is 30.3 Å². The minimum atomic E-state index is -4.42. The average Bonchev–Trinajstić information content (AvgIpc) is 2.72. The van der Waals surface area contributed by atoms with Crippen LogP contribution in [-0.4, -0.2) is 44.0 Å². The molecule has 7 nitrogen and oxygen atoms in total. The fraction of sp³-hybridized carbons (Fsp3) is 0.455. The van der Waals surface area contributed by atoms with Gasteiger partial charge in [-0.3, -0.25) is 4.79 Å². The van der Waals surface area contributed by atoms with E-state index in [4.69, 9.17) is 0 Å². The number of alkyl halides is 3. The van der Waals surface area contributed by atoms with E-state index >= 15 is 0 Å². The van der Waals surface area contributed by atoms with Crippen LogP contribution in [0.15, 0.2) is 47.5 Å². The number of benzene rings is 1. The lowest BCUT2D eigenvalue weighted by Gasteiger charge is -2.33. The van der Waals surface area contributed by atoms with E-state index in [0.29, 0.717) is 37.3 Å². The van der Waals surface area contributed by atoms with Gasteiger partial charge in [0.15, 0.2) is 0 Å². The van der Waals surface area contributed by atoms with Crippen LogP contribution in [0.4, 0.5) is 19.0 Å². The Morgan fingerprint density at radius 2 is 1.64 bits per heavy atom. The summed E-state index contributed by atoms with van der Waals surface area (Å²) >= 11 is 0. The molecule has 1 amide bonds. The SMILES string of the molecule is CC(C)(C)NS(=O)(=O)c1ccc(C(=O)NC2CCN(c3ccc(C(F)(F)F)cn3)CC2)cc1. The van der Waals surface area contributed by atoms with Gasteiger partial charge in [0.05, 0.1) is 10.5 Å². The van der Waals surface area contributed by atoms with E-state index in [1.807, 2.05) is 4.90 Å². The van der Waals surface area contributed by atoms with Crippen molar-refractivity contribution in [3.05, 3.63) is 53.7 Å². The number of nitrogens with one attached hydrogen (secondary N) is 2. The van der Waals surface area contributed by atoms with Crippen molar-refractivity contribution >= 4 is 21.7 Å². The molecule has 11 heteroatoms. The lowest BCUT2D eigenvalue weighted by molar-refractivity contribution is -0.137. The molecule has 0 unspecified atom stereocenters. The summed E-state index contributed by atoms with van der Waals surface area (Å²) in [6.45, 7) is 6.31. The first kappa shape index (κ1) is 25.0. The molecule has 1 aliphatic heterocycles. The predicted molar refractivity (Wildman–Crippen MR) is 118 cm³/mol. The second kappa shape index (κ2) is 9.30. The third-order valence-corrected chi connectivity index (χ3v) is 6.87. The molecule has 33 heavy (non-hydrogen) atoms. The number of pyridine rings is 1. The van der Waals surface area contributed by atoms with Crippen LogP contribution in [-0.2, 0) is 16.2 Å². The molecule has 1 aromatic carbocycles. The highest BCUT2D eigenvalue weighted by Crippen LogP contribution is 2.29. The van der Waals surface area contributed by atoms with Crippen molar-refractivity contribution in [1.29, 1.82) is 0 Å². The largest absolute Gasteiger partial charge is 0.417 e. The lowest BCUT2D eigenvalue weighted by atomic mass is 10.0. The maximum atomic E-state index is 12.7. The van der Waals surface area contributed by atoms with Gasteiger partial charge in [0.2, 0.25) is 10.0 Å². The van der Waals surface area contributed by atoms with Gasteiger partial charge >= 0.3 is 6.18 Å². The molecule has 3 rings (SSSR count). The Kier molecular flexibility index (Phi) is 7.04. The number of hydrogen-bond donors (Lipinski definition) is 2. The van der Waals surface area contributed by atoms with Gasteiger partial charge in [-0.15, -0.1) is 0 Å². The van der Waals surface area contributed by atoms with Gasteiger partial charge in [-0.05, 0) is 70.0 Å². The summed E-state index contributed by atoms with van der Waals surface area (Å²) in [4.78, 5) is 18.4. The second-order valence-electron chi connectivity index (χ2n) is 9.02. The Balaban J connectivity index is 1.55. The zero-order valence-electron chi connectivity index (χ0n) is 18.6. The number of hydrogen-bond acceptors (Lipinski definition) is 5. The molecular formula is C22H27F3N4O3S. The van der Waals surface area contributed by atoms with Gasteiger partial charge in [0, 0.05) is 36.4 Å². The van der Waals surface area contributed by atoms with Crippen molar-refractivity contribution in [3.8, 4) is 0 Å². The van der Waals surface area contributed by atoms with Crippen LogP contribution in [0.1, 0.15) is 49.5 Å². The van der Waals surface area contributed by atoms with Crippen molar-refractivity contribution in [2.75, 3.05) is 18.0 Å². The molecule has 2 heterocycles. The highest BCUT2D eigenvalue weighted by molar-refractivity contribution is 7.89. The topological polar surface area (TPSA) is 91.4 Å². The maximum Gasteiger partial charge on any atom is 0.417 e. The van der Waals surface area contributed by atoms with E-state index in [1.54, 1.807) is 20.8 Å². The molecule has 1 aliphatic rings. The molecule has 1 aromatic heterocycles. The molecule has 0 spiro atoms. The molecule has 2 N–H and O–H groups in total. The standard InChI is InChI=1S/C22H27F3N4O3S/c1-21(2,3)28-33(31,32)18-7-4-15(5-8-18)20(30)27-17-10-12-29(13-11-17)19-9-6-16(14-26-19)22(23,24)25/h4-9,14,17,28H,10-13H2,1-3H3,(H,27,30). The number of anilines is 1. The zero-order chi connectivity index (χ0) is 24.4. The van der Waals surface area contributed by atoms with E-state index < -0.39 is 27.3 Å². The first-order valence-electron chi connectivity index (χ1n) is 10.5. The van der Waals surface area contributed by atoms with E-state index in [9.17, 15) is 26.4 Å². The van der Waals surface area contributed by atoms with Crippen molar-refractivity contribution in [3.63, 3.8) is 0 Å². The zero-order valence-corrected chi connectivity index (χ0v) is 19.4. The Morgan fingerprint density at radius 3 is 2.12 bits per heavy atom. The van der Waals surface area contributed by atoms with Crippen molar-refractivity contribution < 1.29 is 26.4 Å². The summed E-state index contributed by atoms with van der Waals surface area (Å²) in [6.07, 6.45) is -2.38. The first-order valence-corrected chi connectivity index (χ1v) is 12.0. The number of halogens is 3. The van der Waals surface area contributed by atoms with Crippen LogP contribution in [0.3, 0.4) is 0 Å². The normalized spacial score (nSPS) is 16.0. The van der Waals surface area contributed by atoms with Crippen molar-refractivity contribution in [2.24, 2.45) is 0 Å². The smallest absolute Gasteiger partial charge is 0.356 e. The molecule has 180 valence electrons. The van der Waals surface area contributed by atoms with Crippen LogP contribution >= 0.6 is 0 Å². The second-order valence-corrected chi connectivity index (χ2v) is 10.7. The van der Waals surface area contributed by atoms with Crippen LogP contribution in [0.25, 0.3) is 0 Å². The minimum absolute atomic E-state index is 0.0753. The Morgan fingerprint density at radius 1 is 1.03 bits per heavy atom. The van der Waals surface area contributed by atoms with Crippen molar-refractivity contribution in [2.45, 2.75) is 56.3 Å². The number of carbonyl (C=O) groups is 1. The van der Waals surface area contributed by atoms with E-state index in [-0.39, 0.29) is 16.8 Å². The summed E-state index contributed by atoms with van der Waals surface area (Å²) in [5, 5.41) is 2.93. The quantitative estimate of drug-likeness (QED) is 0.677. The molecule has 1 fully saturated rings. The Labute approximate surface area is 191 Å². The van der Waals surface area contributed by atoms with Crippen LogP contribution in [0.2, 0.25) is 0 Å². The summed E-state index contributed by atoms with van der Waals surface area (Å²) in [6, 6.07) is 7.98. The molecule has 0 atom stereocenters. The number of aromatic nitrogens is 1. The summed E-state index contributed by atoms with van der Waals surface area (Å²) in [5.41, 5.74) is -1.07. The number of sulfonamides is 1. The molecule has 0 radical (unpaired) electrons. The molecule has 1 saturated heterocycles. The highest BCUT2D eigenvalue weighted by atomic mass is 32.2. The third-order valence-electron chi connectivity index (χ3n) is 5.10. The number of rotatable bonds is 5. The van der Waals surface area contributed by atoms with Gasteiger partial charge in [0.1, 0.15) is 5.82 Å². The molecule has 0 saturated carbocycles. The van der Waals surface area contributed by atoms with E-state index in [2.05, 4.69) is 15.0 Å². The van der Waals surface area contributed by atoms with Gasteiger partial charge in [-0.25, -0.2) is 18.1 Å². The highest BCUT2D eigenvalue weighted by Gasteiger charge is 2.31. The minimum Gasteiger partial charge on any atom is -0.356 e. The summed E-state index contributed by atoms with van der Waals surface area (Å²) < 4.78 is 65.4. The van der Waals surface area contributed by atoms with Crippen LogP contribution < -0.4 is 14.9 Å². The fourth-order valence-corrected chi connectivity index (χ4v) is 4.93. The number of carbonyl (C=O) groups excluding carboxylic acids is 1. The van der Waals surface area contributed by atoms with Gasteiger partial charge in [0.25, 0.3) is 5.91 Å². The van der Waals surface area contributed by atoms with Crippen LogP contribution in [0, 0.1) is 0 Å². The van der Waals surface area contributed by atoms with E-state index in [0.717, 1.165) is 12.3 Å². The predicted octanol–water partition coefficient (Wildman–Crippen LogP) is 3.58. The third kappa shape index (κ3) is 6.67. The molecular weight excluding hydrogens is 457 g/mol. The number of nitrogens with zero attached hydrogens (tertiary/aromatic N) is 2. The fourth-order valence-electron chi connectivity index (χ4n) is 3.51.